The van der Waals surface area contributed by atoms with E-state index >= 15 is 0 Å². The van der Waals surface area contributed by atoms with Crippen LogP contribution in [0.2, 0.25) is 0 Å². The molecule has 14 nitrogen and oxygen atoms in total. The van der Waals surface area contributed by atoms with E-state index in [1.54, 1.807) is 49.2 Å². The van der Waals surface area contributed by atoms with Crippen molar-refractivity contribution >= 4 is 40.8 Å². The first-order chi connectivity index (χ1) is 31.2. The smallest absolute Gasteiger partial charge is 0.417 e. The zero-order chi connectivity index (χ0) is 45.1. The fourth-order valence-corrected chi connectivity index (χ4v) is 10.8. The number of nitrogens with one attached hydrogen (secondary N) is 2. The standard InChI is InChI=1S/C49H61N3O11S/c1-5-25-60-49-44(64-36-19-15-33(16-20-36)50-31(2)55)30-41(52-63-45-14-8-11-26-59-45)38-27-32(12-6-9-23-53)37(13-7-10-24-54)46(47(38)49)39-28-35(18-22-42(39)62-49)61-48(56)51-40-21-17-34(57-3)29-43(40)58-4/h5,15-22,27-29,32,37,44-47,53-54H,1,6-14,23-26,30H2,2-4H3,(H,50,55)(H,51,56)/t32-,37+,44-,45?,46+,47+,49+/m0/s1. The van der Waals surface area contributed by atoms with Gasteiger partial charge in [-0.3, -0.25) is 10.1 Å². The molecule has 344 valence electrons. The van der Waals surface area contributed by atoms with Gasteiger partial charge in [0.1, 0.15) is 23.0 Å². The number of amides is 2. The van der Waals surface area contributed by atoms with Gasteiger partial charge in [0, 0.05) is 61.1 Å². The summed E-state index contributed by atoms with van der Waals surface area (Å²) in [7, 11) is 3.07. The fraction of sp³-hybridized carbons (Fsp3) is 0.490. The number of thioether (sulfide) groups is 1. The first-order valence-corrected chi connectivity index (χ1v) is 23.2. The monoisotopic (exact) mass is 899 g/mol. The highest BCUT2D eigenvalue weighted by Gasteiger charge is 2.64. The number of carbonyl (C=O) groups is 2. The molecule has 2 amide bonds. The molecule has 2 fully saturated rings. The van der Waals surface area contributed by atoms with Gasteiger partial charge in [0.05, 0.1) is 50.0 Å². The number of fused-ring (bicyclic) bond motifs is 2. The Morgan fingerprint density at radius 3 is 2.44 bits per heavy atom. The Labute approximate surface area is 379 Å². The van der Waals surface area contributed by atoms with Crippen LogP contribution < -0.4 is 29.6 Å². The van der Waals surface area contributed by atoms with Crippen molar-refractivity contribution in [2.45, 2.75) is 99.3 Å². The number of aliphatic hydroxyl groups excluding tert-OH is 2. The number of aliphatic hydroxyl groups is 2. The number of hydrogen-bond acceptors (Lipinski definition) is 13. The number of carbonyl (C=O) groups excluding carboxylic acids is 2. The van der Waals surface area contributed by atoms with Crippen molar-refractivity contribution in [3.8, 4) is 23.0 Å². The minimum absolute atomic E-state index is 0.0329. The Morgan fingerprint density at radius 1 is 0.953 bits per heavy atom. The highest BCUT2D eigenvalue weighted by atomic mass is 32.2. The second-order valence-corrected chi connectivity index (χ2v) is 17.8. The molecule has 2 aliphatic carbocycles. The maximum absolute atomic E-state index is 13.6. The Bertz CT molecular complexity index is 2140. The molecule has 2 aliphatic heterocycles. The van der Waals surface area contributed by atoms with E-state index in [4.69, 9.17) is 38.4 Å². The van der Waals surface area contributed by atoms with Crippen LogP contribution in [0.4, 0.5) is 16.2 Å². The molecule has 3 aromatic carbocycles. The molecule has 64 heavy (non-hydrogen) atoms. The molecule has 0 aromatic heterocycles. The van der Waals surface area contributed by atoms with Crippen LogP contribution in [0.1, 0.15) is 82.6 Å². The van der Waals surface area contributed by atoms with Crippen molar-refractivity contribution in [1.82, 2.24) is 0 Å². The van der Waals surface area contributed by atoms with Gasteiger partial charge in [-0.15, -0.1) is 18.3 Å². The SMILES string of the molecule is C=CCO[C@@]12Oc3ccc(OC(=O)Nc4ccc(OC)cc4OC)cc3[C@H]3[C@H](CCCCO)[C@@H](CCCCO)C=C(C(=NOC4CCCCO4)C[C@@H]1Sc1ccc(NC(C)=O)cc1)[C@H]32. The fourth-order valence-electron chi connectivity index (χ4n) is 9.53. The summed E-state index contributed by atoms with van der Waals surface area (Å²) in [6.07, 6.45) is 10.5. The topological polar surface area (TPSA) is 176 Å². The van der Waals surface area contributed by atoms with Gasteiger partial charge in [0.25, 0.3) is 0 Å². The number of benzene rings is 3. The van der Waals surface area contributed by atoms with Gasteiger partial charge in [0.15, 0.2) is 0 Å². The summed E-state index contributed by atoms with van der Waals surface area (Å²) in [6.45, 7) is 6.50. The van der Waals surface area contributed by atoms with Gasteiger partial charge in [-0.05, 0) is 111 Å². The minimum Gasteiger partial charge on any atom is -0.497 e. The maximum atomic E-state index is 13.6. The quantitative estimate of drug-likeness (QED) is 0.0481. The van der Waals surface area contributed by atoms with Crippen molar-refractivity contribution in [3.05, 3.63) is 90.5 Å². The lowest BCUT2D eigenvalue weighted by Crippen LogP contribution is -2.64. The average Bonchev–Trinajstić information content (AvgIpc) is 3.30. The number of hydrogen-bond donors (Lipinski definition) is 4. The Hall–Kier alpha value is -5.06. The van der Waals surface area contributed by atoms with E-state index in [0.29, 0.717) is 60.2 Å². The summed E-state index contributed by atoms with van der Waals surface area (Å²) in [5.41, 5.74) is 3.72. The summed E-state index contributed by atoms with van der Waals surface area (Å²) >= 11 is 1.62. The normalized spacial score (nSPS) is 25.1. The molecule has 0 radical (unpaired) electrons. The lowest BCUT2D eigenvalue weighted by atomic mass is 9.56. The van der Waals surface area contributed by atoms with Gasteiger partial charge in [-0.25, -0.2) is 4.79 Å². The van der Waals surface area contributed by atoms with Gasteiger partial charge in [-0.1, -0.05) is 30.1 Å². The molecule has 2 heterocycles. The van der Waals surface area contributed by atoms with Gasteiger partial charge < -0.3 is 48.8 Å². The Morgan fingerprint density at radius 2 is 1.73 bits per heavy atom. The summed E-state index contributed by atoms with van der Waals surface area (Å²) in [5.74, 6) is -0.0382. The molecule has 4 aliphatic rings. The number of methoxy groups -OCH3 is 2. The molecule has 1 saturated carbocycles. The van der Waals surface area contributed by atoms with E-state index in [1.165, 1.54) is 14.0 Å². The summed E-state index contributed by atoms with van der Waals surface area (Å²) in [5, 5.41) is 30.1. The predicted octanol–water partition coefficient (Wildman–Crippen LogP) is 9.23. The first kappa shape index (κ1) is 46.9. The third-order valence-corrected chi connectivity index (χ3v) is 13.7. The van der Waals surface area contributed by atoms with Crippen molar-refractivity contribution in [1.29, 1.82) is 0 Å². The third kappa shape index (κ3) is 10.9. The molecule has 7 atom stereocenters. The van der Waals surface area contributed by atoms with Crippen LogP contribution in [-0.4, -0.2) is 85.9 Å². The molecule has 15 heteroatoms. The molecule has 0 bridgehead atoms. The predicted molar refractivity (Wildman–Crippen MR) is 245 cm³/mol. The summed E-state index contributed by atoms with van der Waals surface area (Å²) in [4.78, 5) is 32.6. The van der Waals surface area contributed by atoms with E-state index in [-0.39, 0.29) is 48.7 Å². The molecule has 1 saturated heterocycles. The number of rotatable bonds is 20. The Balaban J connectivity index is 1.35. The van der Waals surface area contributed by atoms with E-state index in [2.05, 4.69) is 23.3 Å². The second kappa shape index (κ2) is 22.2. The number of anilines is 2. The number of unbranched alkanes of at least 4 members (excludes halogenated alkanes) is 2. The summed E-state index contributed by atoms with van der Waals surface area (Å²) < 4.78 is 37.2. The number of nitrogens with zero attached hydrogens (tertiary/aromatic N) is 1. The van der Waals surface area contributed by atoms with Crippen LogP contribution >= 0.6 is 11.8 Å². The van der Waals surface area contributed by atoms with Crippen molar-refractivity contribution < 1.29 is 53.1 Å². The van der Waals surface area contributed by atoms with Crippen LogP contribution in [0, 0.1) is 17.8 Å². The van der Waals surface area contributed by atoms with E-state index in [9.17, 15) is 19.8 Å². The Kier molecular flexibility index (Phi) is 16.3. The molecule has 0 spiro atoms. The second-order valence-electron chi connectivity index (χ2n) is 16.6. The van der Waals surface area contributed by atoms with E-state index in [1.807, 2.05) is 36.4 Å². The van der Waals surface area contributed by atoms with E-state index in [0.717, 1.165) is 66.7 Å². The van der Waals surface area contributed by atoms with Crippen LogP contribution in [0.15, 0.2) is 95.0 Å². The number of allylic oxidation sites excluding steroid dienone is 1. The lowest BCUT2D eigenvalue weighted by molar-refractivity contribution is -0.223. The highest BCUT2D eigenvalue weighted by molar-refractivity contribution is 8.00. The molecular formula is C49H61N3O11S. The molecule has 1 unspecified atom stereocenters. The molecular weight excluding hydrogens is 839 g/mol. The van der Waals surface area contributed by atoms with Crippen LogP contribution in [0.3, 0.4) is 0 Å². The first-order valence-electron chi connectivity index (χ1n) is 22.3. The van der Waals surface area contributed by atoms with E-state index < -0.39 is 24.1 Å². The largest absolute Gasteiger partial charge is 0.497 e. The highest BCUT2D eigenvalue weighted by Crippen LogP contribution is 2.63. The van der Waals surface area contributed by atoms with Gasteiger partial charge in [-0.2, -0.15) is 0 Å². The molecule has 3 aromatic rings. The van der Waals surface area contributed by atoms with Crippen LogP contribution in [-0.2, 0) is 19.1 Å². The van der Waals surface area contributed by atoms with Crippen molar-refractivity contribution in [2.24, 2.45) is 22.9 Å². The van der Waals surface area contributed by atoms with Crippen LogP contribution in [0.5, 0.6) is 23.0 Å². The molecule has 7 rings (SSSR count). The number of oxime groups is 1. The van der Waals surface area contributed by atoms with Crippen LogP contribution in [0.25, 0.3) is 0 Å². The van der Waals surface area contributed by atoms with Gasteiger partial charge >= 0.3 is 6.09 Å². The van der Waals surface area contributed by atoms with Gasteiger partial charge in [0.2, 0.25) is 18.0 Å². The van der Waals surface area contributed by atoms with Crippen molar-refractivity contribution in [2.75, 3.05) is 51.3 Å². The number of ether oxygens (including phenoxy) is 6. The third-order valence-electron chi connectivity index (χ3n) is 12.3. The summed E-state index contributed by atoms with van der Waals surface area (Å²) in [6, 6.07) is 18.3. The zero-order valence-corrected chi connectivity index (χ0v) is 37.7. The minimum atomic E-state index is -1.24. The molecule has 4 N–H and O–H groups in total. The lowest BCUT2D eigenvalue weighted by Gasteiger charge is -2.58. The zero-order valence-electron chi connectivity index (χ0n) is 36.9. The van der Waals surface area contributed by atoms with Crippen molar-refractivity contribution in [3.63, 3.8) is 0 Å². The maximum Gasteiger partial charge on any atom is 0.417 e. The average molecular weight is 900 g/mol.